The summed E-state index contributed by atoms with van der Waals surface area (Å²) in [4.78, 5) is 4.51. The maximum atomic E-state index is 5.99. The van der Waals surface area contributed by atoms with E-state index in [9.17, 15) is 0 Å². The van der Waals surface area contributed by atoms with Crippen LogP contribution < -0.4 is 15.2 Å². The lowest BCUT2D eigenvalue weighted by Gasteiger charge is -2.09. The molecule has 4 nitrogen and oxygen atoms in total. The van der Waals surface area contributed by atoms with E-state index in [2.05, 4.69) is 17.1 Å². The van der Waals surface area contributed by atoms with Crippen molar-refractivity contribution in [3.8, 4) is 11.5 Å². The van der Waals surface area contributed by atoms with E-state index >= 15 is 0 Å². The third kappa shape index (κ3) is 6.16. The number of hydrogen-bond acceptors (Lipinski definition) is 4. The molecule has 0 fully saturated rings. The zero-order valence-electron chi connectivity index (χ0n) is 14.1. The van der Waals surface area contributed by atoms with E-state index in [1.54, 1.807) is 0 Å². The number of benzene rings is 2. The molecule has 0 aromatic heterocycles. The van der Waals surface area contributed by atoms with E-state index < -0.39 is 0 Å². The van der Waals surface area contributed by atoms with Crippen LogP contribution in [0.25, 0.3) is 0 Å². The maximum absolute atomic E-state index is 5.99. The number of hydrogen-bond donors (Lipinski definition) is 1. The number of aliphatic imine (C=N–C) groups is 1. The highest BCUT2D eigenvalue weighted by molar-refractivity contribution is 8.13. The Bertz CT molecular complexity index is 630. The number of nitrogens with zero attached hydrogens (tertiary/aromatic N) is 1. The van der Waals surface area contributed by atoms with Crippen LogP contribution in [0.1, 0.15) is 25.5 Å². The Morgan fingerprint density at radius 2 is 1.67 bits per heavy atom. The molecular formula is C19H24N2O2S. The smallest absolute Gasteiger partial charge is 0.154 e. The lowest BCUT2D eigenvalue weighted by atomic mass is 10.1. The standard InChI is InChI=1S/C19H24N2O2S/c1-3-22-17-9-11-18(12-10-17)23-13-14-24-19(20)21-15(2)16-7-5-4-6-8-16/h4-12,15H,3,13-14H2,1-2H3,(H2,20,21)/t15-/m1/s1. The van der Waals surface area contributed by atoms with Gasteiger partial charge in [-0.25, -0.2) is 0 Å². The number of rotatable bonds is 8. The zero-order chi connectivity index (χ0) is 17.2. The molecule has 0 aliphatic carbocycles. The predicted octanol–water partition coefficient (Wildman–Crippen LogP) is 4.27. The van der Waals surface area contributed by atoms with Gasteiger partial charge in [0.25, 0.3) is 0 Å². The maximum Gasteiger partial charge on any atom is 0.154 e. The molecule has 0 heterocycles. The Kier molecular flexibility index (Phi) is 7.49. The number of thioether (sulfide) groups is 1. The molecule has 0 aliphatic rings. The van der Waals surface area contributed by atoms with Crippen molar-refractivity contribution in [2.75, 3.05) is 19.0 Å². The first kappa shape index (κ1) is 18.2. The summed E-state index contributed by atoms with van der Waals surface area (Å²) in [5.74, 6) is 2.43. The molecule has 2 rings (SSSR count). The Balaban J connectivity index is 1.72. The van der Waals surface area contributed by atoms with Crippen molar-refractivity contribution in [3.05, 3.63) is 60.2 Å². The number of amidine groups is 1. The van der Waals surface area contributed by atoms with Crippen LogP contribution in [0, 0.1) is 0 Å². The van der Waals surface area contributed by atoms with Gasteiger partial charge in [0, 0.05) is 5.75 Å². The van der Waals surface area contributed by atoms with E-state index in [1.807, 2.05) is 56.3 Å². The molecule has 0 amide bonds. The van der Waals surface area contributed by atoms with Crippen molar-refractivity contribution in [2.45, 2.75) is 19.9 Å². The van der Waals surface area contributed by atoms with Crippen LogP contribution in [0.4, 0.5) is 0 Å². The van der Waals surface area contributed by atoms with Crippen molar-refractivity contribution < 1.29 is 9.47 Å². The van der Waals surface area contributed by atoms with Gasteiger partial charge in [0.15, 0.2) is 5.17 Å². The summed E-state index contributed by atoms with van der Waals surface area (Å²) in [7, 11) is 0. The summed E-state index contributed by atoms with van der Waals surface area (Å²) in [6.07, 6.45) is 0. The van der Waals surface area contributed by atoms with Crippen LogP contribution in [0.2, 0.25) is 0 Å². The largest absolute Gasteiger partial charge is 0.494 e. The minimum Gasteiger partial charge on any atom is -0.494 e. The normalized spacial score (nSPS) is 12.7. The van der Waals surface area contributed by atoms with Crippen LogP contribution in [0.15, 0.2) is 59.6 Å². The molecule has 0 unspecified atom stereocenters. The number of nitrogens with two attached hydrogens (primary N) is 1. The summed E-state index contributed by atoms with van der Waals surface area (Å²) in [6.45, 7) is 5.25. The average Bonchev–Trinajstić information content (AvgIpc) is 2.61. The highest BCUT2D eigenvalue weighted by Gasteiger charge is 2.04. The van der Waals surface area contributed by atoms with Gasteiger partial charge in [-0.3, -0.25) is 4.99 Å². The molecule has 0 saturated heterocycles. The molecule has 128 valence electrons. The molecule has 5 heteroatoms. The minimum atomic E-state index is 0.0609. The molecule has 0 radical (unpaired) electrons. The Hall–Kier alpha value is -2.14. The van der Waals surface area contributed by atoms with Gasteiger partial charge in [0.05, 0.1) is 19.3 Å². The first-order valence-electron chi connectivity index (χ1n) is 8.05. The van der Waals surface area contributed by atoms with Gasteiger partial charge in [-0.1, -0.05) is 42.1 Å². The van der Waals surface area contributed by atoms with Gasteiger partial charge in [-0.15, -0.1) is 0 Å². The Labute approximate surface area is 148 Å². The molecule has 24 heavy (non-hydrogen) atoms. The van der Waals surface area contributed by atoms with Crippen LogP contribution in [-0.4, -0.2) is 24.1 Å². The summed E-state index contributed by atoms with van der Waals surface area (Å²) in [6, 6.07) is 17.8. The quantitative estimate of drug-likeness (QED) is 0.441. The molecule has 2 aromatic carbocycles. The number of ether oxygens (including phenoxy) is 2. The molecule has 2 N–H and O–H groups in total. The average molecular weight is 344 g/mol. The summed E-state index contributed by atoms with van der Waals surface area (Å²) < 4.78 is 11.1. The second kappa shape index (κ2) is 9.88. The van der Waals surface area contributed by atoms with E-state index in [1.165, 1.54) is 11.8 Å². The molecule has 1 atom stereocenters. The van der Waals surface area contributed by atoms with E-state index in [0.29, 0.717) is 18.4 Å². The van der Waals surface area contributed by atoms with Crippen molar-refractivity contribution >= 4 is 16.9 Å². The van der Waals surface area contributed by atoms with Crippen LogP contribution >= 0.6 is 11.8 Å². The zero-order valence-corrected chi connectivity index (χ0v) is 15.0. The first-order chi connectivity index (χ1) is 11.7. The van der Waals surface area contributed by atoms with E-state index in [0.717, 1.165) is 22.8 Å². The lowest BCUT2D eigenvalue weighted by Crippen LogP contribution is -2.12. The molecule has 0 spiro atoms. The van der Waals surface area contributed by atoms with E-state index in [4.69, 9.17) is 15.2 Å². The molecule has 0 saturated carbocycles. The van der Waals surface area contributed by atoms with Gasteiger partial charge in [0.2, 0.25) is 0 Å². The van der Waals surface area contributed by atoms with Crippen LogP contribution in [-0.2, 0) is 0 Å². The Morgan fingerprint density at radius 3 is 2.29 bits per heavy atom. The van der Waals surface area contributed by atoms with Crippen molar-refractivity contribution in [2.24, 2.45) is 10.7 Å². The lowest BCUT2D eigenvalue weighted by molar-refractivity contribution is 0.332. The highest BCUT2D eigenvalue weighted by Crippen LogP contribution is 2.19. The van der Waals surface area contributed by atoms with Gasteiger partial charge in [-0.2, -0.15) is 0 Å². The van der Waals surface area contributed by atoms with Crippen molar-refractivity contribution in [1.82, 2.24) is 0 Å². The highest BCUT2D eigenvalue weighted by atomic mass is 32.2. The fourth-order valence-corrected chi connectivity index (χ4v) is 2.75. The molecule has 0 aliphatic heterocycles. The second-order valence-electron chi connectivity index (χ2n) is 5.16. The first-order valence-corrected chi connectivity index (χ1v) is 9.04. The summed E-state index contributed by atoms with van der Waals surface area (Å²) in [5.41, 5.74) is 7.14. The Morgan fingerprint density at radius 1 is 1.04 bits per heavy atom. The minimum absolute atomic E-state index is 0.0609. The van der Waals surface area contributed by atoms with Crippen molar-refractivity contribution in [1.29, 1.82) is 0 Å². The summed E-state index contributed by atoms with van der Waals surface area (Å²) >= 11 is 1.51. The van der Waals surface area contributed by atoms with Gasteiger partial charge >= 0.3 is 0 Å². The summed E-state index contributed by atoms with van der Waals surface area (Å²) in [5, 5.41) is 0.585. The van der Waals surface area contributed by atoms with Gasteiger partial charge in [0.1, 0.15) is 11.5 Å². The monoisotopic (exact) mass is 344 g/mol. The third-order valence-electron chi connectivity index (χ3n) is 3.34. The van der Waals surface area contributed by atoms with Crippen LogP contribution in [0.3, 0.4) is 0 Å². The third-order valence-corrected chi connectivity index (χ3v) is 4.11. The molecule has 2 aromatic rings. The van der Waals surface area contributed by atoms with Gasteiger partial charge < -0.3 is 15.2 Å². The topological polar surface area (TPSA) is 56.8 Å². The van der Waals surface area contributed by atoms with Gasteiger partial charge in [-0.05, 0) is 43.7 Å². The second-order valence-corrected chi connectivity index (χ2v) is 6.27. The fraction of sp³-hybridized carbons (Fsp3) is 0.316. The van der Waals surface area contributed by atoms with E-state index in [-0.39, 0.29) is 6.04 Å². The molecule has 0 bridgehead atoms. The van der Waals surface area contributed by atoms with Crippen LogP contribution in [0.5, 0.6) is 11.5 Å². The predicted molar refractivity (Wildman–Crippen MR) is 102 cm³/mol. The van der Waals surface area contributed by atoms with Crippen molar-refractivity contribution in [3.63, 3.8) is 0 Å². The fourth-order valence-electron chi connectivity index (χ4n) is 2.14. The SMILES string of the molecule is CCOc1ccc(OCCSC(N)=N[C@H](C)c2ccccc2)cc1. The molecular weight excluding hydrogens is 320 g/mol.